The summed E-state index contributed by atoms with van der Waals surface area (Å²) in [5.74, 6) is 0.656. The standard InChI is InChI=1S/C14H9BrFNO/c1-9-2-4-11(16)7-14(9)18-13-5-3-10(8-17)6-12(13)15/h2-7H,1H3. The highest BCUT2D eigenvalue weighted by Gasteiger charge is 2.07. The summed E-state index contributed by atoms with van der Waals surface area (Å²) in [5.41, 5.74) is 1.37. The van der Waals surface area contributed by atoms with Gasteiger partial charge in [-0.2, -0.15) is 5.26 Å². The topological polar surface area (TPSA) is 33.0 Å². The molecule has 90 valence electrons. The van der Waals surface area contributed by atoms with Crippen LogP contribution in [0.4, 0.5) is 4.39 Å². The van der Waals surface area contributed by atoms with Crippen molar-refractivity contribution < 1.29 is 9.13 Å². The van der Waals surface area contributed by atoms with E-state index in [1.165, 1.54) is 12.1 Å². The second-order valence-electron chi connectivity index (χ2n) is 3.77. The van der Waals surface area contributed by atoms with Crippen LogP contribution in [0, 0.1) is 24.1 Å². The minimum Gasteiger partial charge on any atom is -0.456 e. The van der Waals surface area contributed by atoms with E-state index in [1.54, 1.807) is 24.3 Å². The molecule has 2 aromatic carbocycles. The Balaban J connectivity index is 2.34. The van der Waals surface area contributed by atoms with E-state index in [9.17, 15) is 4.39 Å². The minimum absolute atomic E-state index is 0.347. The molecule has 0 aromatic heterocycles. The first-order valence-corrected chi connectivity index (χ1v) is 6.03. The molecular weight excluding hydrogens is 297 g/mol. The molecule has 0 atom stereocenters. The van der Waals surface area contributed by atoms with Gasteiger partial charge >= 0.3 is 0 Å². The van der Waals surface area contributed by atoms with Gasteiger partial charge in [0.2, 0.25) is 0 Å². The van der Waals surface area contributed by atoms with Gasteiger partial charge in [0.25, 0.3) is 0 Å². The number of halogens is 2. The summed E-state index contributed by atoms with van der Waals surface area (Å²) >= 11 is 3.32. The van der Waals surface area contributed by atoms with E-state index in [1.807, 2.05) is 13.0 Å². The number of hydrogen-bond acceptors (Lipinski definition) is 2. The summed E-state index contributed by atoms with van der Waals surface area (Å²) in [4.78, 5) is 0. The number of ether oxygens (including phenoxy) is 1. The van der Waals surface area contributed by atoms with Crippen molar-refractivity contribution in [2.75, 3.05) is 0 Å². The zero-order valence-corrected chi connectivity index (χ0v) is 11.2. The van der Waals surface area contributed by atoms with Crippen LogP contribution in [0.3, 0.4) is 0 Å². The van der Waals surface area contributed by atoms with Crippen LogP contribution in [0.2, 0.25) is 0 Å². The first-order chi connectivity index (χ1) is 8.60. The highest BCUT2D eigenvalue weighted by Crippen LogP contribution is 2.32. The zero-order valence-electron chi connectivity index (χ0n) is 9.58. The lowest BCUT2D eigenvalue weighted by Crippen LogP contribution is -1.90. The largest absolute Gasteiger partial charge is 0.456 e. The van der Waals surface area contributed by atoms with E-state index in [2.05, 4.69) is 15.9 Å². The van der Waals surface area contributed by atoms with E-state index < -0.39 is 0 Å². The molecule has 0 spiro atoms. The molecule has 18 heavy (non-hydrogen) atoms. The first kappa shape index (κ1) is 12.6. The number of aryl methyl sites for hydroxylation is 1. The highest BCUT2D eigenvalue weighted by atomic mass is 79.9. The normalized spacial score (nSPS) is 9.89. The van der Waals surface area contributed by atoms with Gasteiger partial charge in [0.05, 0.1) is 16.1 Å². The molecule has 4 heteroatoms. The highest BCUT2D eigenvalue weighted by molar-refractivity contribution is 9.10. The van der Waals surface area contributed by atoms with Crippen molar-refractivity contribution in [1.82, 2.24) is 0 Å². The lowest BCUT2D eigenvalue weighted by Gasteiger charge is -2.10. The second-order valence-corrected chi connectivity index (χ2v) is 4.62. The number of nitriles is 1. The average Bonchev–Trinajstić information content (AvgIpc) is 2.36. The SMILES string of the molecule is Cc1ccc(F)cc1Oc1ccc(C#N)cc1Br. The third-order valence-electron chi connectivity index (χ3n) is 2.43. The molecule has 2 nitrogen and oxygen atoms in total. The van der Waals surface area contributed by atoms with Gasteiger partial charge in [-0.25, -0.2) is 4.39 Å². The van der Waals surface area contributed by atoms with Gasteiger partial charge in [0, 0.05) is 6.07 Å². The maximum Gasteiger partial charge on any atom is 0.141 e. The Labute approximate surface area is 113 Å². The Morgan fingerprint density at radius 1 is 1.17 bits per heavy atom. The van der Waals surface area contributed by atoms with Crippen molar-refractivity contribution >= 4 is 15.9 Å². The Hall–Kier alpha value is -1.86. The van der Waals surface area contributed by atoms with Crippen molar-refractivity contribution in [2.45, 2.75) is 6.92 Å². The molecule has 0 radical (unpaired) electrons. The molecule has 0 amide bonds. The van der Waals surface area contributed by atoms with Gasteiger partial charge in [-0.3, -0.25) is 0 Å². The number of rotatable bonds is 2. The van der Waals surface area contributed by atoms with Crippen molar-refractivity contribution in [3.05, 3.63) is 57.8 Å². The summed E-state index contributed by atoms with van der Waals surface area (Å²) < 4.78 is 19.4. The van der Waals surface area contributed by atoms with Gasteiger partial charge in [-0.1, -0.05) is 6.07 Å². The van der Waals surface area contributed by atoms with Gasteiger partial charge in [-0.15, -0.1) is 0 Å². The number of benzene rings is 2. The number of hydrogen-bond donors (Lipinski definition) is 0. The fourth-order valence-corrected chi connectivity index (χ4v) is 1.92. The Morgan fingerprint density at radius 2 is 1.94 bits per heavy atom. The number of nitrogens with zero attached hydrogens (tertiary/aromatic N) is 1. The van der Waals surface area contributed by atoms with Crippen molar-refractivity contribution in [1.29, 1.82) is 5.26 Å². The third-order valence-corrected chi connectivity index (χ3v) is 3.05. The van der Waals surface area contributed by atoms with E-state index in [-0.39, 0.29) is 5.82 Å². The molecule has 2 aromatic rings. The van der Waals surface area contributed by atoms with Crippen LogP contribution >= 0.6 is 15.9 Å². The molecule has 0 saturated carbocycles. The predicted octanol–water partition coefficient (Wildman–Crippen LogP) is 4.56. The van der Waals surface area contributed by atoms with Crippen LogP contribution in [0.25, 0.3) is 0 Å². The lowest BCUT2D eigenvalue weighted by atomic mass is 10.2. The molecule has 0 unspecified atom stereocenters. The van der Waals surface area contributed by atoms with Crippen LogP contribution in [0.5, 0.6) is 11.5 Å². The lowest BCUT2D eigenvalue weighted by molar-refractivity contribution is 0.470. The second kappa shape index (κ2) is 5.19. The predicted molar refractivity (Wildman–Crippen MR) is 70.1 cm³/mol. The zero-order chi connectivity index (χ0) is 13.1. The molecule has 0 bridgehead atoms. The van der Waals surface area contributed by atoms with E-state index in [0.29, 0.717) is 21.5 Å². The first-order valence-electron chi connectivity index (χ1n) is 5.24. The van der Waals surface area contributed by atoms with Crippen molar-refractivity contribution in [2.24, 2.45) is 0 Å². The molecule has 0 heterocycles. The Morgan fingerprint density at radius 3 is 2.61 bits per heavy atom. The molecule has 0 aliphatic heterocycles. The molecule has 0 fully saturated rings. The van der Waals surface area contributed by atoms with E-state index >= 15 is 0 Å². The van der Waals surface area contributed by atoms with Gasteiger partial charge < -0.3 is 4.74 Å². The molecule has 0 saturated heterocycles. The van der Waals surface area contributed by atoms with Crippen molar-refractivity contribution in [3.63, 3.8) is 0 Å². The van der Waals surface area contributed by atoms with Crippen LogP contribution in [0.15, 0.2) is 40.9 Å². The van der Waals surface area contributed by atoms with Gasteiger partial charge in [0.15, 0.2) is 0 Å². The van der Waals surface area contributed by atoms with Crippen LogP contribution in [0.1, 0.15) is 11.1 Å². The summed E-state index contributed by atoms with van der Waals surface area (Å²) in [5, 5.41) is 8.76. The van der Waals surface area contributed by atoms with E-state index in [0.717, 1.165) is 5.56 Å². The smallest absolute Gasteiger partial charge is 0.141 e. The average molecular weight is 306 g/mol. The fourth-order valence-electron chi connectivity index (χ4n) is 1.46. The minimum atomic E-state index is -0.347. The fraction of sp³-hybridized carbons (Fsp3) is 0.0714. The Bertz CT molecular complexity index is 634. The molecule has 0 aliphatic rings. The van der Waals surface area contributed by atoms with Crippen LogP contribution in [-0.4, -0.2) is 0 Å². The summed E-state index contributed by atoms with van der Waals surface area (Å²) in [6, 6.07) is 11.4. The maximum absolute atomic E-state index is 13.1. The van der Waals surface area contributed by atoms with Crippen molar-refractivity contribution in [3.8, 4) is 17.6 Å². The molecule has 0 aliphatic carbocycles. The Kier molecular flexibility index (Phi) is 3.63. The van der Waals surface area contributed by atoms with E-state index in [4.69, 9.17) is 10.00 Å². The monoisotopic (exact) mass is 305 g/mol. The third kappa shape index (κ3) is 2.69. The summed E-state index contributed by atoms with van der Waals surface area (Å²) in [6.45, 7) is 1.84. The summed E-state index contributed by atoms with van der Waals surface area (Å²) in [7, 11) is 0. The van der Waals surface area contributed by atoms with Gasteiger partial charge in [-0.05, 0) is 52.7 Å². The molecular formula is C14H9BrFNO. The quantitative estimate of drug-likeness (QED) is 0.815. The summed E-state index contributed by atoms with van der Waals surface area (Å²) in [6.07, 6.45) is 0. The van der Waals surface area contributed by atoms with Gasteiger partial charge in [0.1, 0.15) is 17.3 Å². The molecule has 0 N–H and O–H groups in total. The van der Waals surface area contributed by atoms with Crippen LogP contribution < -0.4 is 4.74 Å². The molecule has 2 rings (SSSR count). The maximum atomic E-state index is 13.1. The van der Waals surface area contributed by atoms with Crippen LogP contribution in [-0.2, 0) is 0 Å².